The van der Waals surface area contributed by atoms with Gasteiger partial charge in [0, 0.05) is 19.8 Å². The van der Waals surface area contributed by atoms with Gasteiger partial charge < -0.3 is 5.32 Å². The molecular weight excluding hydrogens is 357 g/mol. The lowest BCUT2D eigenvalue weighted by atomic mass is 10.1. The van der Waals surface area contributed by atoms with Gasteiger partial charge in [0.05, 0.1) is 5.69 Å². The molecule has 2 aromatic rings. The summed E-state index contributed by atoms with van der Waals surface area (Å²) in [7, 11) is -1.40. The molecule has 2 rings (SSSR count). The van der Waals surface area contributed by atoms with Gasteiger partial charge in [-0.3, -0.25) is 4.79 Å². The lowest BCUT2D eigenvalue weighted by Gasteiger charge is -2.27. The zero-order chi connectivity index (χ0) is 19.3. The van der Waals surface area contributed by atoms with Crippen molar-refractivity contribution >= 4 is 27.5 Å². The maximum atomic E-state index is 14.2. The minimum Gasteiger partial charge on any atom is -0.324 e. The standard InChI is InChI=1S/C18H22FN3O3S/c1-4-14-9-5-7-11-16(14)20-18(23)13-22(26(24,25)21(2)3)17-12-8-6-10-15(17)19/h5-12H,4,13H2,1-3H3,(H,20,23). The van der Waals surface area contributed by atoms with E-state index in [-0.39, 0.29) is 5.69 Å². The van der Waals surface area contributed by atoms with Gasteiger partial charge in [-0.25, -0.2) is 8.70 Å². The van der Waals surface area contributed by atoms with Crippen molar-refractivity contribution in [3.8, 4) is 0 Å². The number of aryl methyl sites for hydroxylation is 1. The predicted octanol–water partition coefficient (Wildman–Crippen LogP) is 2.64. The van der Waals surface area contributed by atoms with E-state index < -0.39 is 28.5 Å². The van der Waals surface area contributed by atoms with Crippen LogP contribution in [0.3, 0.4) is 0 Å². The van der Waals surface area contributed by atoms with Crippen LogP contribution < -0.4 is 9.62 Å². The highest BCUT2D eigenvalue weighted by Crippen LogP contribution is 2.23. The molecule has 0 fully saturated rings. The average molecular weight is 379 g/mol. The monoisotopic (exact) mass is 379 g/mol. The van der Waals surface area contributed by atoms with Gasteiger partial charge in [0.1, 0.15) is 12.4 Å². The van der Waals surface area contributed by atoms with Gasteiger partial charge in [0.2, 0.25) is 5.91 Å². The van der Waals surface area contributed by atoms with Crippen LogP contribution in [0.4, 0.5) is 15.8 Å². The third kappa shape index (κ3) is 4.39. The number of benzene rings is 2. The molecule has 0 radical (unpaired) electrons. The molecule has 26 heavy (non-hydrogen) atoms. The van der Waals surface area contributed by atoms with E-state index in [1.807, 2.05) is 19.1 Å². The molecular formula is C18H22FN3O3S. The Morgan fingerprint density at radius 3 is 2.31 bits per heavy atom. The SMILES string of the molecule is CCc1ccccc1NC(=O)CN(c1ccccc1F)S(=O)(=O)N(C)C. The third-order valence-corrected chi connectivity index (χ3v) is 5.63. The number of carbonyl (C=O) groups is 1. The molecule has 0 spiro atoms. The topological polar surface area (TPSA) is 69.7 Å². The first-order valence-corrected chi connectivity index (χ1v) is 9.49. The van der Waals surface area contributed by atoms with E-state index >= 15 is 0 Å². The Hall–Kier alpha value is -2.45. The van der Waals surface area contributed by atoms with Crippen LogP contribution in [-0.2, 0) is 21.4 Å². The fourth-order valence-electron chi connectivity index (χ4n) is 2.41. The van der Waals surface area contributed by atoms with E-state index in [1.54, 1.807) is 12.1 Å². The van der Waals surface area contributed by atoms with Crippen molar-refractivity contribution in [3.05, 3.63) is 59.9 Å². The highest BCUT2D eigenvalue weighted by atomic mass is 32.2. The molecule has 0 unspecified atom stereocenters. The summed E-state index contributed by atoms with van der Waals surface area (Å²) in [6, 6.07) is 12.7. The number of rotatable bonds is 7. The number of amides is 1. The van der Waals surface area contributed by atoms with Crippen LogP contribution in [0.5, 0.6) is 0 Å². The maximum Gasteiger partial charge on any atom is 0.304 e. The van der Waals surface area contributed by atoms with Crippen molar-refractivity contribution in [2.45, 2.75) is 13.3 Å². The summed E-state index contributed by atoms with van der Waals surface area (Å²) < 4.78 is 41.1. The van der Waals surface area contributed by atoms with E-state index in [0.29, 0.717) is 12.1 Å². The minimum atomic E-state index is -4.05. The molecule has 0 aliphatic heterocycles. The second-order valence-electron chi connectivity index (χ2n) is 5.81. The van der Waals surface area contributed by atoms with E-state index in [4.69, 9.17) is 0 Å². The molecule has 0 aromatic heterocycles. The highest BCUT2D eigenvalue weighted by molar-refractivity contribution is 7.90. The molecule has 6 nitrogen and oxygen atoms in total. The van der Waals surface area contributed by atoms with Crippen molar-refractivity contribution in [3.63, 3.8) is 0 Å². The summed E-state index contributed by atoms with van der Waals surface area (Å²) >= 11 is 0. The third-order valence-electron chi connectivity index (χ3n) is 3.82. The molecule has 1 N–H and O–H groups in total. The fraction of sp³-hybridized carbons (Fsp3) is 0.278. The Kier molecular flexibility index (Phi) is 6.33. The van der Waals surface area contributed by atoms with Gasteiger partial charge in [-0.15, -0.1) is 0 Å². The van der Waals surface area contributed by atoms with Crippen LogP contribution in [0.2, 0.25) is 0 Å². The number of hydrogen-bond acceptors (Lipinski definition) is 3. The molecule has 0 aliphatic carbocycles. The normalized spacial score (nSPS) is 11.4. The Morgan fingerprint density at radius 2 is 1.69 bits per heavy atom. The van der Waals surface area contributed by atoms with E-state index in [2.05, 4.69) is 5.32 Å². The summed E-state index contributed by atoms with van der Waals surface area (Å²) in [5.41, 5.74) is 1.35. The molecule has 0 aliphatic rings. The number of hydrogen-bond donors (Lipinski definition) is 1. The van der Waals surface area contributed by atoms with Crippen LogP contribution in [0, 0.1) is 5.82 Å². The number of para-hydroxylation sites is 2. The second-order valence-corrected chi connectivity index (χ2v) is 7.87. The highest BCUT2D eigenvalue weighted by Gasteiger charge is 2.29. The summed E-state index contributed by atoms with van der Waals surface area (Å²) in [5.74, 6) is -1.28. The smallest absolute Gasteiger partial charge is 0.304 e. The summed E-state index contributed by atoms with van der Waals surface area (Å²) in [6.45, 7) is 1.41. The molecule has 140 valence electrons. The number of anilines is 2. The van der Waals surface area contributed by atoms with Crippen molar-refractivity contribution in [1.82, 2.24) is 4.31 Å². The molecule has 0 saturated heterocycles. The van der Waals surface area contributed by atoms with Crippen LogP contribution in [0.25, 0.3) is 0 Å². The fourth-order valence-corrected chi connectivity index (χ4v) is 3.48. The molecule has 0 bridgehead atoms. The van der Waals surface area contributed by atoms with Crippen LogP contribution in [0.1, 0.15) is 12.5 Å². The predicted molar refractivity (Wildman–Crippen MR) is 101 cm³/mol. The van der Waals surface area contributed by atoms with Gasteiger partial charge in [-0.1, -0.05) is 37.3 Å². The first-order chi connectivity index (χ1) is 12.3. The van der Waals surface area contributed by atoms with Gasteiger partial charge in [0.25, 0.3) is 0 Å². The van der Waals surface area contributed by atoms with E-state index in [0.717, 1.165) is 20.2 Å². The van der Waals surface area contributed by atoms with Gasteiger partial charge in [-0.2, -0.15) is 12.7 Å². The summed E-state index contributed by atoms with van der Waals surface area (Å²) in [5, 5.41) is 2.71. The summed E-state index contributed by atoms with van der Waals surface area (Å²) in [4.78, 5) is 12.5. The van der Waals surface area contributed by atoms with E-state index in [1.165, 1.54) is 32.3 Å². The molecule has 1 amide bonds. The minimum absolute atomic E-state index is 0.180. The Morgan fingerprint density at radius 1 is 1.08 bits per heavy atom. The Labute approximate surface area is 153 Å². The lowest BCUT2D eigenvalue weighted by Crippen LogP contribution is -2.44. The van der Waals surface area contributed by atoms with Crippen LogP contribution in [-0.4, -0.2) is 39.3 Å². The van der Waals surface area contributed by atoms with Crippen LogP contribution in [0.15, 0.2) is 48.5 Å². The van der Waals surface area contributed by atoms with Gasteiger partial charge in [-0.05, 0) is 30.2 Å². The molecule has 2 aromatic carbocycles. The van der Waals surface area contributed by atoms with Crippen molar-refractivity contribution < 1.29 is 17.6 Å². The first-order valence-electron chi connectivity index (χ1n) is 8.09. The quantitative estimate of drug-likeness (QED) is 0.804. The summed E-state index contributed by atoms with van der Waals surface area (Å²) in [6.07, 6.45) is 0.712. The van der Waals surface area contributed by atoms with Crippen molar-refractivity contribution in [1.29, 1.82) is 0 Å². The van der Waals surface area contributed by atoms with Gasteiger partial charge in [0.15, 0.2) is 0 Å². The van der Waals surface area contributed by atoms with Crippen molar-refractivity contribution in [2.75, 3.05) is 30.3 Å². The maximum absolute atomic E-state index is 14.2. The van der Waals surface area contributed by atoms with E-state index in [9.17, 15) is 17.6 Å². The number of carbonyl (C=O) groups excluding carboxylic acids is 1. The van der Waals surface area contributed by atoms with Crippen molar-refractivity contribution in [2.24, 2.45) is 0 Å². The zero-order valence-electron chi connectivity index (χ0n) is 14.9. The number of halogens is 1. The molecule has 8 heteroatoms. The Balaban J connectivity index is 2.33. The van der Waals surface area contributed by atoms with Gasteiger partial charge >= 0.3 is 10.2 Å². The lowest BCUT2D eigenvalue weighted by molar-refractivity contribution is -0.114. The number of nitrogens with zero attached hydrogens (tertiary/aromatic N) is 2. The molecule has 0 atom stereocenters. The Bertz CT molecular complexity index is 885. The first kappa shape index (κ1) is 19.9. The second kappa shape index (κ2) is 8.29. The molecule has 0 heterocycles. The largest absolute Gasteiger partial charge is 0.324 e. The zero-order valence-corrected chi connectivity index (χ0v) is 15.8. The van der Waals surface area contributed by atoms with Crippen LogP contribution >= 0.6 is 0 Å². The molecule has 0 saturated carbocycles. The average Bonchev–Trinajstić information content (AvgIpc) is 2.60. The number of nitrogens with one attached hydrogen (secondary N) is 1.